The van der Waals surface area contributed by atoms with Gasteiger partial charge >= 0.3 is 0 Å². The zero-order valence-corrected chi connectivity index (χ0v) is 12.4. The Morgan fingerprint density at radius 2 is 1.90 bits per heavy atom. The first kappa shape index (κ1) is 14.9. The molecule has 21 heavy (non-hydrogen) atoms. The minimum absolute atomic E-state index is 0.511. The number of nitrogens with two attached hydrogens (primary N) is 1. The third-order valence-corrected chi connectivity index (χ3v) is 3.14. The predicted molar refractivity (Wildman–Crippen MR) is 84.9 cm³/mol. The first-order chi connectivity index (χ1) is 10.2. The second-order valence-corrected chi connectivity index (χ2v) is 4.63. The van der Waals surface area contributed by atoms with E-state index in [-0.39, 0.29) is 0 Å². The molecule has 0 amide bonds. The number of aryl methyl sites for hydroxylation is 1. The molecule has 0 saturated carbocycles. The van der Waals surface area contributed by atoms with Crippen LogP contribution in [0.15, 0.2) is 47.6 Å². The predicted octanol–water partition coefficient (Wildman–Crippen LogP) is 3.27. The van der Waals surface area contributed by atoms with Gasteiger partial charge in [-0.1, -0.05) is 24.3 Å². The molecule has 0 atom stereocenters. The van der Waals surface area contributed by atoms with Gasteiger partial charge in [-0.2, -0.15) is 5.10 Å². The molecule has 2 aromatic rings. The van der Waals surface area contributed by atoms with E-state index in [1.807, 2.05) is 37.3 Å². The summed E-state index contributed by atoms with van der Waals surface area (Å²) in [5.74, 6) is 6.59. The van der Waals surface area contributed by atoms with E-state index in [1.165, 1.54) is 5.56 Å². The Morgan fingerprint density at radius 3 is 2.62 bits per heavy atom. The standard InChI is InChI=1S/C17H20N2O2/c1-3-20-17-10-14(11-19-18)8-9-16(17)21-12-15-7-5-4-6-13(15)2/h4-11H,3,12,18H2,1-2H3. The maximum atomic E-state index is 5.89. The molecule has 0 unspecified atom stereocenters. The lowest BCUT2D eigenvalue weighted by molar-refractivity contribution is 0.269. The van der Waals surface area contributed by atoms with E-state index < -0.39 is 0 Å². The fourth-order valence-electron chi connectivity index (χ4n) is 2.01. The Morgan fingerprint density at radius 1 is 1.10 bits per heavy atom. The molecule has 4 nitrogen and oxygen atoms in total. The number of ether oxygens (including phenoxy) is 2. The van der Waals surface area contributed by atoms with Gasteiger partial charge in [-0.25, -0.2) is 0 Å². The fraction of sp³-hybridized carbons (Fsp3) is 0.235. The molecule has 0 aliphatic rings. The molecule has 0 bridgehead atoms. The highest BCUT2D eigenvalue weighted by Gasteiger charge is 2.07. The van der Waals surface area contributed by atoms with Crippen LogP contribution in [0.3, 0.4) is 0 Å². The van der Waals surface area contributed by atoms with Crippen LogP contribution in [0.1, 0.15) is 23.6 Å². The van der Waals surface area contributed by atoms with Crippen molar-refractivity contribution in [2.24, 2.45) is 10.9 Å². The molecule has 2 aromatic carbocycles. The second kappa shape index (κ2) is 7.33. The summed E-state index contributed by atoms with van der Waals surface area (Å²) in [6.07, 6.45) is 1.58. The summed E-state index contributed by atoms with van der Waals surface area (Å²) < 4.78 is 11.5. The summed E-state index contributed by atoms with van der Waals surface area (Å²) >= 11 is 0. The van der Waals surface area contributed by atoms with E-state index >= 15 is 0 Å². The normalized spacial score (nSPS) is 10.8. The summed E-state index contributed by atoms with van der Waals surface area (Å²) in [7, 11) is 0. The van der Waals surface area contributed by atoms with Crippen LogP contribution in [-0.2, 0) is 6.61 Å². The molecule has 0 radical (unpaired) electrons. The molecular weight excluding hydrogens is 264 g/mol. The van der Waals surface area contributed by atoms with E-state index in [4.69, 9.17) is 15.3 Å². The number of hydrazone groups is 1. The number of rotatable bonds is 6. The summed E-state index contributed by atoms with van der Waals surface area (Å²) in [4.78, 5) is 0. The summed E-state index contributed by atoms with van der Waals surface area (Å²) in [6.45, 7) is 5.10. The smallest absolute Gasteiger partial charge is 0.161 e. The Kier molecular flexibility index (Phi) is 5.21. The summed E-state index contributed by atoms with van der Waals surface area (Å²) in [6, 6.07) is 13.8. The Bertz CT molecular complexity index is 624. The SMILES string of the molecule is CCOc1cc(C=NN)ccc1OCc1ccccc1C. The lowest BCUT2D eigenvalue weighted by atomic mass is 10.1. The molecule has 2 N–H and O–H groups in total. The third-order valence-electron chi connectivity index (χ3n) is 3.14. The third kappa shape index (κ3) is 3.99. The van der Waals surface area contributed by atoms with Gasteiger partial charge in [-0.3, -0.25) is 0 Å². The number of hydrogen-bond donors (Lipinski definition) is 1. The molecule has 4 heteroatoms. The summed E-state index contributed by atoms with van der Waals surface area (Å²) in [5.41, 5.74) is 3.25. The zero-order chi connectivity index (χ0) is 15.1. The monoisotopic (exact) mass is 284 g/mol. The van der Waals surface area contributed by atoms with Crippen molar-refractivity contribution in [3.8, 4) is 11.5 Å². The average molecular weight is 284 g/mol. The molecule has 0 saturated heterocycles. The van der Waals surface area contributed by atoms with Crippen molar-refractivity contribution >= 4 is 6.21 Å². The van der Waals surface area contributed by atoms with Crippen molar-refractivity contribution in [2.45, 2.75) is 20.5 Å². The molecule has 0 aromatic heterocycles. The van der Waals surface area contributed by atoms with Crippen LogP contribution in [-0.4, -0.2) is 12.8 Å². The van der Waals surface area contributed by atoms with Crippen molar-refractivity contribution in [3.63, 3.8) is 0 Å². The highest BCUT2D eigenvalue weighted by atomic mass is 16.5. The molecule has 0 fully saturated rings. The minimum Gasteiger partial charge on any atom is -0.490 e. The fourth-order valence-corrected chi connectivity index (χ4v) is 2.01. The van der Waals surface area contributed by atoms with Crippen LogP contribution in [0.5, 0.6) is 11.5 Å². The number of nitrogens with zero attached hydrogens (tertiary/aromatic N) is 1. The van der Waals surface area contributed by atoms with Gasteiger partial charge in [0, 0.05) is 0 Å². The van der Waals surface area contributed by atoms with Crippen LogP contribution < -0.4 is 15.3 Å². The number of hydrogen-bond acceptors (Lipinski definition) is 4. The molecule has 0 heterocycles. The summed E-state index contributed by atoms with van der Waals surface area (Å²) in [5, 5.41) is 3.52. The van der Waals surface area contributed by atoms with Gasteiger partial charge in [0.25, 0.3) is 0 Å². The van der Waals surface area contributed by atoms with Gasteiger partial charge in [0.15, 0.2) is 11.5 Å². The van der Waals surface area contributed by atoms with E-state index in [2.05, 4.69) is 24.2 Å². The first-order valence-electron chi connectivity index (χ1n) is 6.92. The van der Waals surface area contributed by atoms with Crippen molar-refractivity contribution in [1.82, 2.24) is 0 Å². The van der Waals surface area contributed by atoms with Crippen LogP contribution in [0.25, 0.3) is 0 Å². The van der Waals surface area contributed by atoms with Crippen LogP contribution in [0, 0.1) is 6.92 Å². The van der Waals surface area contributed by atoms with Crippen molar-refractivity contribution in [2.75, 3.05) is 6.61 Å². The topological polar surface area (TPSA) is 56.8 Å². The zero-order valence-electron chi connectivity index (χ0n) is 12.4. The second-order valence-electron chi connectivity index (χ2n) is 4.63. The lowest BCUT2D eigenvalue weighted by Gasteiger charge is -2.13. The Labute approximate surface area is 125 Å². The average Bonchev–Trinajstić information content (AvgIpc) is 2.49. The van der Waals surface area contributed by atoms with Crippen molar-refractivity contribution in [1.29, 1.82) is 0 Å². The van der Waals surface area contributed by atoms with E-state index in [0.717, 1.165) is 11.1 Å². The molecule has 110 valence electrons. The number of benzene rings is 2. The molecule has 0 spiro atoms. The Hall–Kier alpha value is -2.49. The van der Waals surface area contributed by atoms with Crippen molar-refractivity contribution < 1.29 is 9.47 Å². The minimum atomic E-state index is 0.511. The van der Waals surface area contributed by atoms with Gasteiger partial charge in [0.2, 0.25) is 0 Å². The van der Waals surface area contributed by atoms with Gasteiger partial charge < -0.3 is 15.3 Å². The van der Waals surface area contributed by atoms with Gasteiger partial charge in [0.05, 0.1) is 12.8 Å². The van der Waals surface area contributed by atoms with E-state index in [0.29, 0.717) is 24.7 Å². The molecule has 2 rings (SSSR count). The van der Waals surface area contributed by atoms with E-state index in [9.17, 15) is 0 Å². The van der Waals surface area contributed by atoms with Crippen LogP contribution in [0.4, 0.5) is 0 Å². The maximum Gasteiger partial charge on any atom is 0.161 e. The molecule has 0 aliphatic carbocycles. The van der Waals surface area contributed by atoms with Crippen LogP contribution in [0.2, 0.25) is 0 Å². The quantitative estimate of drug-likeness (QED) is 0.503. The highest BCUT2D eigenvalue weighted by Crippen LogP contribution is 2.29. The molecular formula is C17H20N2O2. The Balaban J connectivity index is 2.17. The van der Waals surface area contributed by atoms with Crippen LogP contribution >= 0.6 is 0 Å². The molecule has 0 aliphatic heterocycles. The highest BCUT2D eigenvalue weighted by molar-refractivity contribution is 5.80. The van der Waals surface area contributed by atoms with Gasteiger partial charge in [-0.05, 0) is 48.7 Å². The van der Waals surface area contributed by atoms with Gasteiger partial charge in [0.1, 0.15) is 6.61 Å². The van der Waals surface area contributed by atoms with E-state index in [1.54, 1.807) is 6.21 Å². The lowest BCUT2D eigenvalue weighted by Crippen LogP contribution is -2.01. The largest absolute Gasteiger partial charge is 0.490 e. The van der Waals surface area contributed by atoms with Crippen molar-refractivity contribution in [3.05, 3.63) is 59.2 Å². The van der Waals surface area contributed by atoms with Gasteiger partial charge in [-0.15, -0.1) is 0 Å². The maximum absolute atomic E-state index is 5.89. The first-order valence-corrected chi connectivity index (χ1v) is 6.92.